The Bertz CT molecular complexity index is 697. The van der Waals surface area contributed by atoms with Crippen molar-refractivity contribution in [3.05, 3.63) is 53.9 Å². The van der Waals surface area contributed by atoms with Crippen LogP contribution in [0.4, 0.5) is 18.9 Å². The molecule has 7 heteroatoms. The summed E-state index contributed by atoms with van der Waals surface area (Å²) in [5, 5.41) is 2.63. The number of rotatable bonds is 4. The molecule has 1 aromatic heterocycles. The van der Waals surface area contributed by atoms with Gasteiger partial charge < -0.3 is 10.1 Å². The third-order valence-electron chi connectivity index (χ3n) is 3.30. The normalized spacial score (nSPS) is 11.2. The first-order valence-electron chi connectivity index (χ1n) is 6.86. The van der Waals surface area contributed by atoms with Crippen LogP contribution in [-0.4, -0.2) is 12.3 Å². The number of nitrogens with zero attached hydrogens (tertiary/aromatic N) is 1. The minimum absolute atomic E-state index is 0.119. The van der Waals surface area contributed by atoms with Crippen molar-refractivity contribution in [2.24, 2.45) is 0 Å². The molecule has 23 heavy (non-hydrogen) atoms. The predicted octanol–water partition coefficient (Wildman–Crippen LogP) is 3.13. The summed E-state index contributed by atoms with van der Waals surface area (Å²) in [5.74, 6) is -0.604. The number of hydrogen-bond donors (Lipinski definition) is 1. The van der Waals surface area contributed by atoms with E-state index in [1.807, 2.05) is 26.0 Å². The van der Waals surface area contributed by atoms with Gasteiger partial charge in [-0.05, 0) is 37.3 Å². The zero-order valence-electron chi connectivity index (χ0n) is 12.6. The highest BCUT2D eigenvalue weighted by atomic mass is 19.4. The molecular weight excluding hydrogens is 309 g/mol. The molecule has 0 radical (unpaired) electrons. The standard InChI is InChI=1S/C16H15F3N2O2/c1-11-4-3-9-21(12(11)2)10-15(22)20-13-5-7-14(8-6-13)23-16(17,18)19/h3-9H,10H2,1-2H3/p+1. The van der Waals surface area contributed by atoms with Crippen molar-refractivity contribution in [3.8, 4) is 5.75 Å². The molecule has 0 spiro atoms. The van der Waals surface area contributed by atoms with Gasteiger partial charge in [0.1, 0.15) is 5.75 Å². The minimum atomic E-state index is -4.73. The van der Waals surface area contributed by atoms with Crippen LogP contribution < -0.4 is 14.6 Å². The maximum atomic E-state index is 12.1. The monoisotopic (exact) mass is 325 g/mol. The number of carbonyl (C=O) groups is 1. The molecule has 1 amide bonds. The second-order valence-corrected chi connectivity index (χ2v) is 5.02. The summed E-state index contributed by atoms with van der Waals surface area (Å²) in [6.45, 7) is 3.98. The van der Waals surface area contributed by atoms with Gasteiger partial charge in [0.2, 0.25) is 6.54 Å². The van der Waals surface area contributed by atoms with E-state index in [1.165, 1.54) is 12.1 Å². The van der Waals surface area contributed by atoms with E-state index >= 15 is 0 Å². The molecule has 0 unspecified atom stereocenters. The second kappa shape index (κ2) is 6.68. The molecule has 122 valence electrons. The van der Waals surface area contributed by atoms with Gasteiger partial charge in [-0.25, -0.2) is 0 Å². The topological polar surface area (TPSA) is 42.2 Å². The molecule has 0 aliphatic carbocycles. The van der Waals surface area contributed by atoms with Crippen LogP contribution in [-0.2, 0) is 11.3 Å². The average Bonchev–Trinajstić information content (AvgIpc) is 2.44. The Balaban J connectivity index is 1.99. The molecule has 0 bridgehead atoms. The second-order valence-electron chi connectivity index (χ2n) is 5.02. The highest BCUT2D eigenvalue weighted by Crippen LogP contribution is 2.23. The van der Waals surface area contributed by atoms with Gasteiger partial charge in [-0.3, -0.25) is 4.79 Å². The minimum Gasteiger partial charge on any atom is -0.406 e. The van der Waals surface area contributed by atoms with Crippen LogP contribution in [0.2, 0.25) is 0 Å². The average molecular weight is 325 g/mol. The Kier molecular flexibility index (Phi) is 4.88. The summed E-state index contributed by atoms with van der Waals surface area (Å²) in [4.78, 5) is 12.0. The summed E-state index contributed by atoms with van der Waals surface area (Å²) < 4.78 is 41.8. The predicted molar refractivity (Wildman–Crippen MR) is 77.9 cm³/mol. The molecule has 0 saturated carbocycles. The number of aryl methyl sites for hydroxylation is 1. The van der Waals surface area contributed by atoms with Crippen molar-refractivity contribution >= 4 is 11.6 Å². The van der Waals surface area contributed by atoms with Gasteiger partial charge in [-0.1, -0.05) is 0 Å². The first-order valence-corrected chi connectivity index (χ1v) is 6.86. The molecule has 4 nitrogen and oxygen atoms in total. The fraction of sp³-hybridized carbons (Fsp3) is 0.250. The summed E-state index contributed by atoms with van der Waals surface area (Å²) in [5.41, 5.74) is 2.43. The maximum Gasteiger partial charge on any atom is 0.573 e. The third-order valence-corrected chi connectivity index (χ3v) is 3.30. The number of alkyl halides is 3. The number of amides is 1. The first kappa shape index (κ1) is 16.8. The molecule has 2 aromatic rings. The molecule has 0 aliphatic heterocycles. The lowest BCUT2D eigenvalue weighted by molar-refractivity contribution is -0.690. The van der Waals surface area contributed by atoms with Crippen molar-refractivity contribution in [2.45, 2.75) is 26.8 Å². The smallest absolute Gasteiger partial charge is 0.406 e. The number of hydrogen-bond acceptors (Lipinski definition) is 2. The number of carbonyl (C=O) groups excluding carboxylic acids is 1. The summed E-state index contributed by atoms with van der Waals surface area (Å²) in [6.07, 6.45) is -2.94. The highest BCUT2D eigenvalue weighted by molar-refractivity contribution is 5.89. The van der Waals surface area contributed by atoms with E-state index < -0.39 is 6.36 Å². The summed E-state index contributed by atoms with van der Waals surface area (Å²) >= 11 is 0. The molecule has 1 N–H and O–H groups in total. The van der Waals surface area contributed by atoms with Crippen LogP contribution in [0.1, 0.15) is 11.3 Å². The van der Waals surface area contributed by atoms with Gasteiger partial charge in [0.05, 0.1) is 0 Å². The molecule has 1 heterocycles. The Labute approximate surface area is 131 Å². The molecular formula is C16H16F3N2O2+. The van der Waals surface area contributed by atoms with Gasteiger partial charge in [0, 0.05) is 24.2 Å². The largest absolute Gasteiger partial charge is 0.573 e. The lowest BCUT2D eigenvalue weighted by atomic mass is 10.2. The van der Waals surface area contributed by atoms with Crippen LogP contribution in [0.15, 0.2) is 42.6 Å². The van der Waals surface area contributed by atoms with Gasteiger partial charge in [0.15, 0.2) is 11.9 Å². The Hall–Kier alpha value is -2.57. The van der Waals surface area contributed by atoms with E-state index in [-0.39, 0.29) is 18.2 Å². The van der Waals surface area contributed by atoms with Crippen molar-refractivity contribution < 1.29 is 27.3 Å². The summed E-state index contributed by atoms with van der Waals surface area (Å²) in [6, 6.07) is 8.80. The van der Waals surface area contributed by atoms with Crippen LogP contribution in [0.3, 0.4) is 0 Å². The first-order chi connectivity index (χ1) is 10.7. The van der Waals surface area contributed by atoms with E-state index in [2.05, 4.69) is 10.1 Å². The number of aromatic nitrogens is 1. The number of pyridine rings is 1. The Morgan fingerprint density at radius 1 is 1.17 bits per heavy atom. The number of benzene rings is 1. The van der Waals surface area contributed by atoms with E-state index in [0.29, 0.717) is 5.69 Å². The van der Waals surface area contributed by atoms with Gasteiger partial charge in [-0.2, -0.15) is 4.57 Å². The number of nitrogens with one attached hydrogen (secondary N) is 1. The molecule has 0 aliphatic rings. The van der Waals surface area contributed by atoms with Crippen LogP contribution in [0.25, 0.3) is 0 Å². The fourth-order valence-electron chi connectivity index (χ4n) is 2.02. The SMILES string of the molecule is Cc1ccc[n+](CC(=O)Nc2ccc(OC(F)(F)F)cc2)c1C. The number of ether oxygens (including phenoxy) is 1. The molecule has 0 saturated heterocycles. The van der Waals surface area contributed by atoms with Crippen molar-refractivity contribution in [2.75, 3.05) is 5.32 Å². The highest BCUT2D eigenvalue weighted by Gasteiger charge is 2.30. The fourth-order valence-corrected chi connectivity index (χ4v) is 2.02. The van der Waals surface area contributed by atoms with Gasteiger partial charge >= 0.3 is 6.36 Å². The quantitative estimate of drug-likeness (QED) is 0.878. The third kappa shape index (κ3) is 4.98. The lowest BCUT2D eigenvalue weighted by Gasteiger charge is -2.09. The Morgan fingerprint density at radius 3 is 2.43 bits per heavy atom. The number of anilines is 1. The zero-order chi connectivity index (χ0) is 17.0. The zero-order valence-corrected chi connectivity index (χ0v) is 12.6. The lowest BCUT2D eigenvalue weighted by Crippen LogP contribution is -2.43. The van der Waals surface area contributed by atoms with E-state index in [1.54, 1.807) is 10.8 Å². The molecule has 1 aromatic carbocycles. The molecule has 0 atom stereocenters. The maximum absolute atomic E-state index is 12.1. The van der Waals surface area contributed by atoms with Crippen molar-refractivity contribution in [1.82, 2.24) is 0 Å². The van der Waals surface area contributed by atoms with Crippen molar-refractivity contribution in [1.29, 1.82) is 0 Å². The van der Waals surface area contributed by atoms with Crippen LogP contribution in [0.5, 0.6) is 5.75 Å². The molecule has 2 rings (SSSR count). The van der Waals surface area contributed by atoms with Gasteiger partial charge in [-0.15, -0.1) is 13.2 Å². The number of halogens is 3. The van der Waals surface area contributed by atoms with Crippen LogP contribution >= 0.6 is 0 Å². The van der Waals surface area contributed by atoms with Gasteiger partial charge in [0.25, 0.3) is 5.91 Å². The Morgan fingerprint density at radius 2 is 1.83 bits per heavy atom. The van der Waals surface area contributed by atoms with E-state index in [4.69, 9.17) is 0 Å². The van der Waals surface area contributed by atoms with E-state index in [9.17, 15) is 18.0 Å². The molecule has 0 fully saturated rings. The van der Waals surface area contributed by atoms with Crippen LogP contribution in [0, 0.1) is 13.8 Å². The van der Waals surface area contributed by atoms with Crippen molar-refractivity contribution in [3.63, 3.8) is 0 Å². The summed E-state index contributed by atoms with van der Waals surface area (Å²) in [7, 11) is 0. The van der Waals surface area contributed by atoms with E-state index in [0.717, 1.165) is 23.4 Å².